The van der Waals surface area contributed by atoms with Crippen molar-refractivity contribution < 1.29 is 27.4 Å². The minimum Gasteiger partial charge on any atom is -0.439 e. The quantitative estimate of drug-likeness (QED) is 0.507. The van der Waals surface area contributed by atoms with Crippen LogP contribution in [0.4, 0.5) is 18.9 Å². The minimum atomic E-state index is -4.46. The van der Waals surface area contributed by atoms with Crippen LogP contribution in [0.5, 0.6) is 11.6 Å². The van der Waals surface area contributed by atoms with Crippen molar-refractivity contribution in [2.24, 2.45) is 0 Å². The molecule has 3 aromatic rings. The first-order valence-corrected chi connectivity index (χ1v) is 10.8. The lowest BCUT2D eigenvalue weighted by molar-refractivity contribution is -0.137. The maximum Gasteiger partial charge on any atom is 0.417 e. The van der Waals surface area contributed by atoms with Gasteiger partial charge in [-0.15, -0.1) is 0 Å². The summed E-state index contributed by atoms with van der Waals surface area (Å²) in [7, 11) is 1.75. The summed E-state index contributed by atoms with van der Waals surface area (Å²) in [6.07, 6.45) is -3.74. The Balaban J connectivity index is 1.40. The van der Waals surface area contributed by atoms with Crippen molar-refractivity contribution >= 4 is 11.6 Å². The number of aromatic nitrogens is 1. The third kappa shape index (κ3) is 5.66. The Morgan fingerprint density at radius 2 is 1.76 bits per heavy atom. The summed E-state index contributed by atoms with van der Waals surface area (Å²) in [5, 5.41) is 0. The van der Waals surface area contributed by atoms with Crippen molar-refractivity contribution in [1.29, 1.82) is 0 Å². The SMILES string of the molecule is CN(Cc1ccccc1N1CCOCC1)C(=O)c1ccc(Oc2ccc(C(F)(F)F)cn2)cc1. The topological polar surface area (TPSA) is 54.9 Å². The van der Waals surface area contributed by atoms with Gasteiger partial charge in [0, 0.05) is 50.2 Å². The summed E-state index contributed by atoms with van der Waals surface area (Å²) < 4.78 is 48.9. The van der Waals surface area contributed by atoms with Crippen LogP contribution in [-0.4, -0.2) is 49.1 Å². The Labute approximate surface area is 195 Å². The molecular weight excluding hydrogens is 447 g/mol. The molecule has 9 heteroatoms. The number of ether oxygens (including phenoxy) is 2. The molecule has 1 saturated heterocycles. The molecule has 178 valence electrons. The zero-order valence-electron chi connectivity index (χ0n) is 18.6. The van der Waals surface area contributed by atoms with Crippen LogP contribution in [0, 0.1) is 0 Å². The van der Waals surface area contributed by atoms with E-state index < -0.39 is 11.7 Å². The lowest BCUT2D eigenvalue weighted by Gasteiger charge is -2.31. The van der Waals surface area contributed by atoms with E-state index in [-0.39, 0.29) is 11.8 Å². The summed E-state index contributed by atoms with van der Waals surface area (Å²) in [6.45, 7) is 3.42. The fraction of sp³-hybridized carbons (Fsp3) is 0.280. The van der Waals surface area contributed by atoms with E-state index in [4.69, 9.17) is 9.47 Å². The first-order valence-electron chi connectivity index (χ1n) is 10.8. The fourth-order valence-corrected chi connectivity index (χ4v) is 3.70. The molecule has 1 aliphatic heterocycles. The van der Waals surface area contributed by atoms with Gasteiger partial charge in [0.25, 0.3) is 5.91 Å². The lowest BCUT2D eigenvalue weighted by Crippen LogP contribution is -2.37. The predicted molar refractivity (Wildman–Crippen MR) is 121 cm³/mol. The van der Waals surface area contributed by atoms with Crippen LogP contribution in [0.2, 0.25) is 0 Å². The summed E-state index contributed by atoms with van der Waals surface area (Å²) >= 11 is 0. The lowest BCUT2D eigenvalue weighted by atomic mass is 10.1. The van der Waals surface area contributed by atoms with Crippen LogP contribution in [0.25, 0.3) is 0 Å². The van der Waals surface area contributed by atoms with Gasteiger partial charge in [0.15, 0.2) is 0 Å². The molecule has 0 saturated carbocycles. The summed E-state index contributed by atoms with van der Waals surface area (Å²) in [5.41, 5.74) is 1.77. The molecule has 0 bridgehead atoms. The summed E-state index contributed by atoms with van der Waals surface area (Å²) in [4.78, 5) is 20.6. The van der Waals surface area contributed by atoms with E-state index in [9.17, 15) is 18.0 Å². The second-order valence-electron chi connectivity index (χ2n) is 7.90. The van der Waals surface area contributed by atoms with Gasteiger partial charge in [-0.2, -0.15) is 13.2 Å². The molecule has 4 rings (SSSR count). The highest BCUT2D eigenvalue weighted by Gasteiger charge is 2.30. The minimum absolute atomic E-state index is 0.0314. The smallest absolute Gasteiger partial charge is 0.417 e. The van der Waals surface area contributed by atoms with Crippen LogP contribution in [0.3, 0.4) is 0 Å². The highest BCUT2D eigenvalue weighted by atomic mass is 19.4. The predicted octanol–water partition coefficient (Wildman–Crippen LogP) is 5.00. The van der Waals surface area contributed by atoms with Gasteiger partial charge in [-0.3, -0.25) is 4.79 Å². The molecule has 0 N–H and O–H groups in total. The zero-order chi connectivity index (χ0) is 24.1. The molecule has 2 aromatic carbocycles. The number of rotatable bonds is 6. The van der Waals surface area contributed by atoms with Gasteiger partial charge in [0.2, 0.25) is 5.88 Å². The van der Waals surface area contributed by atoms with Crippen LogP contribution < -0.4 is 9.64 Å². The molecule has 6 nitrogen and oxygen atoms in total. The van der Waals surface area contributed by atoms with E-state index in [1.807, 2.05) is 18.2 Å². The van der Waals surface area contributed by atoms with Gasteiger partial charge in [0.1, 0.15) is 5.75 Å². The Morgan fingerprint density at radius 3 is 2.41 bits per heavy atom. The van der Waals surface area contributed by atoms with Gasteiger partial charge in [-0.25, -0.2) is 4.98 Å². The summed E-state index contributed by atoms with van der Waals surface area (Å²) in [5.74, 6) is 0.240. The number of benzene rings is 2. The molecule has 0 atom stereocenters. The normalized spacial score (nSPS) is 14.1. The molecule has 1 aliphatic rings. The maximum absolute atomic E-state index is 13.0. The maximum atomic E-state index is 13.0. The van der Waals surface area contributed by atoms with E-state index in [2.05, 4.69) is 16.0 Å². The van der Waals surface area contributed by atoms with Gasteiger partial charge in [-0.05, 0) is 42.0 Å². The second kappa shape index (κ2) is 10.1. The van der Waals surface area contributed by atoms with Gasteiger partial charge >= 0.3 is 6.18 Å². The second-order valence-corrected chi connectivity index (χ2v) is 7.90. The number of carbonyl (C=O) groups is 1. The van der Waals surface area contributed by atoms with Gasteiger partial charge in [0.05, 0.1) is 18.8 Å². The Morgan fingerprint density at radius 1 is 1.06 bits per heavy atom. The number of morpholine rings is 1. The number of hydrogen-bond acceptors (Lipinski definition) is 5. The molecule has 0 aliphatic carbocycles. The van der Waals surface area contributed by atoms with Crippen molar-refractivity contribution in [3.05, 3.63) is 83.6 Å². The third-order valence-electron chi connectivity index (χ3n) is 5.48. The number of nitrogens with zero attached hydrogens (tertiary/aromatic N) is 3. The fourth-order valence-electron chi connectivity index (χ4n) is 3.70. The van der Waals surface area contributed by atoms with Crippen molar-refractivity contribution in [2.45, 2.75) is 12.7 Å². The van der Waals surface area contributed by atoms with Crippen LogP contribution in [0.15, 0.2) is 66.9 Å². The van der Waals surface area contributed by atoms with Crippen molar-refractivity contribution in [1.82, 2.24) is 9.88 Å². The number of alkyl halides is 3. The van der Waals surface area contributed by atoms with Crippen LogP contribution in [0.1, 0.15) is 21.5 Å². The third-order valence-corrected chi connectivity index (χ3v) is 5.48. The highest BCUT2D eigenvalue weighted by Crippen LogP contribution is 2.30. The van der Waals surface area contributed by atoms with E-state index in [1.54, 1.807) is 36.2 Å². The average molecular weight is 471 g/mol. The largest absolute Gasteiger partial charge is 0.439 e. The van der Waals surface area contributed by atoms with E-state index >= 15 is 0 Å². The average Bonchev–Trinajstić information content (AvgIpc) is 2.85. The molecule has 0 radical (unpaired) electrons. The molecular formula is C25H24F3N3O3. The monoisotopic (exact) mass is 471 g/mol. The zero-order valence-corrected chi connectivity index (χ0v) is 18.6. The molecule has 2 heterocycles. The van der Waals surface area contributed by atoms with Crippen molar-refractivity contribution in [3.63, 3.8) is 0 Å². The molecule has 0 unspecified atom stereocenters. The van der Waals surface area contributed by atoms with Crippen LogP contribution in [-0.2, 0) is 17.5 Å². The van der Waals surface area contributed by atoms with E-state index in [1.165, 1.54) is 0 Å². The molecule has 34 heavy (non-hydrogen) atoms. The van der Waals surface area contributed by atoms with Crippen molar-refractivity contribution in [3.8, 4) is 11.6 Å². The Hall–Kier alpha value is -3.59. The number of anilines is 1. The molecule has 0 spiro atoms. The number of pyridine rings is 1. The number of carbonyl (C=O) groups excluding carboxylic acids is 1. The Bertz CT molecular complexity index is 1110. The van der Waals surface area contributed by atoms with Gasteiger partial charge < -0.3 is 19.3 Å². The number of halogens is 3. The van der Waals surface area contributed by atoms with E-state index in [0.717, 1.165) is 42.7 Å². The first kappa shape index (κ1) is 23.6. The molecule has 1 aromatic heterocycles. The molecule has 1 amide bonds. The number of para-hydroxylation sites is 1. The number of hydrogen-bond donors (Lipinski definition) is 0. The van der Waals surface area contributed by atoms with Crippen molar-refractivity contribution in [2.75, 3.05) is 38.3 Å². The number of amides is 1. The standard InChI is InChI=1S/C25H24F3N3O3/c1-30(17-19-4-2-3-5-22(19)31-12-14-33-15-13-31)24(32)18-6-9-21(10-7-18)34-23-11-8-20(16-29-23)25(26,27)28/h2-11,16H,12-15,17H2,1H3. The molecule has 1 fully saturated rings. The first-order chi connectivity index (χ1) is 16.3. The Kier molecular flexibility index (Phi) is 7.02. The van der Waals surface area contributed by atoms with E-state index in [0.29, 0.717) is 31.1 Å². The van der Waals surface area contributed by atoms with Crippen LogP contribution >= 0.6 is 0 Å². The highest BCUT2D eigenvalue weighted by molar-refractivity contribution is 5.94. The summed E-state index contributed by atoms with van der Waals surface area (Å²) in [6, 6.07) is 16.5. The van der Waals surface area contributed by atoms with Gasteiger partial charge in [-0.1, -0.05) is 18.2 Å².